The van der Waals surface area contributed by atoms with Gasteiger partial charge in [-0.3, -0.25) is 14.3 Å². The Morgan fingerprint density at radius 3 is 2.67 bits per heavy atom. The molecule has 0 bridgehead atoms. The molecule has 0 aromatic heterocycles. The van der Waals surface area contributed by atoms with Gasteiger partial charge in [-0.05, 0) is 56.1 Å². The zero-order valence-corrected chi connectivity index (χ0v) is 18.9. The van der Waals surface area contributed by atoms with E-state index in [1.54, 1.807) is 49.5 Å². The van der Waals surface area contributed by atoms with Crippen LogP contribution in [-0.2, 0) is 19.6 Å². The number of nitrogens with one attached hydrogen (secondary N) is 2. The van der Waals surface area contributed by atoms with Gasteiger partial charge in [0.25, 0.3) is 5.91 Å². The molecule has 1 aliphatic carbocycles. The SMILES string of the molecule is C=CC/C=C(C(=O)NC)\C(Cl)=C(/C)C(C)S(=O)(=O)NC1=CC=C(/C=C/C=O)CC=C1. The number of likely N-dealkylation sites (N-methyl/N-ethyl adjacent to an activating group) is 1. The third-order valence-electron chi connectivity index (χ3n) is 4.40. The summed E-state index contributed by atoms with van der Waals surface area (Å²) in [7, 11) is -2.36. The summed E-state index contributed by atoms with van der Waals surface area (Å²) in [6, 6.07) is 0. The highest BCUT2D eigenvalue weighted by atomic mass is 35.5. The van der Waals surface area contributed by atoms with Crippen molar-refractivity contribution in [3.8, 4) is 0 Å². The number of hydrogen-bond donors (Lipinski definition) is 2. The van der Waals surface area contributed by atoms with Crippen LogP contribution in [0, 0.1) is 0 Å². The van der Waals surface area contributed by atoms with Gasteiger partial charge in [0.1, 0.15) is 6.29 Å². The molecule has 0 aromatic carbocycles. The topological polar surface area (TPSA) is 92.3 Å². The van der Waals surface area contributed by atoms with Crippen molar-refractivity contribution >= 4 is 33.8 Å². The Kier molecular flexibility index (Phi) is 10.3. The average Bonchev–Trinajstić information content (AvgIpc) is 2.95. The van der Waals surface area contributed by atoms with E-state index in [0.29, 0.717) is 30.4 Å². The third-order valence-corrected chi connectivity index (χ3v) is 6.70. The predicted octanol–water partition coefficient (Wildman–Crippen LogP) is 3.58. The maximum absolute atomic E-state index is 12.9. The van der Waals surface area contributed by atoms with E-state index in [9.17, 15) is 18.0 Å². The van der Waals surface area contributed by atoms with Crippen molar-refractivity contribution in [1.29, 1.82) is 0 Å². The maximum atomic E-state index is 12.9. The molecule has 0 radical (unpaired) electrons. The summed E-state index contributed by atoms with van der Waals surface area (Å²) in [5, 5.41) is 1.60. The van der Waals surface area contributed by atoms with Crippen LogP contribution in [0.25, 0.3) is 0 Å². The fraction of sp³-hybridized carbons (Fsp3) is 0.273. The number of halogens is 1. The van der Waals surface area contributed by atoms with Crippen molar-refractivity contribution in [3.05, 3.63) is 82.6 Å². The molecule has 1 unspecified atom stereocenters. The maximum Gasteiger partial charge on any atom is 0.252 e. The van der Waals surface area contributed by atoms with Crippen molar-refractivity contribution < 1.29 is 18.0 Å². The number of carbonyl (C=O) groups excluding carboxylic acids is 2. The first kappa shape index (κ1) is 25.4. The van der Waals surface area contributed by atoms with E-state index in [4.69, 9.17) is 11.6 Å². The Labute approximate surface area is 183 Å². The van der Waals surface area contributed by atoms with E-state index >= 15 is 0 Å². The van der Waals surface area contributed by atoms with E-state index in [1.165, 1.54) is 20.0 Å². The van der Waals surface area contributed by atoms with Crippen LogP contribution in [0.15, 0.2) is 82.6 Å². The lowest BCUT2D eigenvalue weighted by Crippen LogP contribution is -2.33. The van der Waals surface area contributed by atoms with Gasteiger partial charge in [0.2, 0.25) is 10.0 Å². The molecule has 2 N–H and O–H groups in total. The Balaban J connectivity index is 3.18. The summed E-state index contributed by atoms with van der Waals surface area (Å²) in [4.78, 5) is 22.6. The van der Waals surface area contributed by atoms with Crippen molar-refractivity contribution in [2.75, 3.05) is 7.05 Å². The van der Waals surface area contributed by atoms with Crippen LogP contribution < -0.4 is 10.0 Å². The van der Waals surface area contributed by atoms with Crippen LogP contribution in [0.2, 0.25) is 0 Å². The highest BCUT2D eigenvalue weighted by molar-refractivity contribution is 7.90. The van der Waals surface area contributed by atoms with Gasteiger partial charge < -0.3 is 5.32 Å². The molecule has 0 aromatic rings. The van der Waals surface area contributed by atoms with E-state index in [1.807, 2.05) is 0 Å². The zero-order chi connectivity index (χ0) is 22.7. The average molecular weight is 451 g/mol. The first-order valence-electron chi connectivity index (χ1n) is 9.28. The van der Waals surface area contributed by atoms with Crippen LogP contribution >= 0.6 is 11.6 Å². The second-order valence-electron chi connectivity index (χ2n) is 6.47. The highest BCUT2D eigenvalue weighted by Gasteiger charge is 2.26. The quantitative estimate of drug-likeness (QED) is 0.230. The van der Waals surface area contributed by atoms with Crippen molar-refractivity contribution in [2.45, 2.75) is 31.9 Å². The lowest BCUT2D eigenvalue weighted by molar-refractivity contribution is -0.116. The largest absolute Gasteiger partial charge is 0.355 e. The third kappa shape index (κ3) is 7.31. The normalized spacial score (nSPS) is 16.7. The predicted molar refractivity (Wildman–Crippen MR) is 122 cm³/mol. The Morgan fingerprint density at radius 2 is 2.07 bits per heavy atom. The van der Waals surface area contributed by atoms with E-state index in [2.05, 4.69) is 16.6 Å². The van der Waals surface area contributed by atoms with Gasteiger partial charge >= 0.3 is 0 Å². The second kappa shape index (κ2) is 12.1. The number of amides is 1. The van der Waals surface area contributed by atoms with Gasteiger partial charge in [-0.15, -0.1) is 6.58 Å². The number of hydrogen-bond acceptors (Lipinski definition) is 4. The number of carbonyl (C=O) groups is 2. The zero-order valence-electron chi connectivity index (χ0n) is 17.3. The summed E-state index contributed by atoms with van der Waals surface area (Å²) in [6.45, 7) is 6.69. The molecule has 1 aliphatic rings. The van der Waals surface area contributed by atoms with Crippen LogP contribution in [0.1, 0.15) is 26.7 Å². The summed E-state index contributed by atoms with van der Waals surface area (Å²) < 4.78 is 28.3. The highest BCUT2D eigenvalue weighted by Crippen LogP contribution is 2.26. The lowest BCUT2D eigenvalue weighted by Gasteiger charge is -2.18. The lowest BCUT2D eigenvalue weighted by atomic mass is 10.1. The molecule has 1 amide bonds. The van der Waals surface area contributed by atoms with Gasteiger partial charge in [-0.2, -0.15) is 0 Å². The van der Waals surface area contributed by atoms with Crippen LogP contribution in [0.5, 0.6) is 0 Å². The van der Waals surface area contributed by atoms with Gasteiger partial charge in [0, 0.05) is 12.7 Å². The molecule has 1 rings (SSSR count). The summed E-state index contributed by atoms with van der Waals surface area (Å²) in [5.74, 6) is -0.408. The summed E-state index contributed by atoms with van der Waals surface area (Å²) in [6.07, 6.45) is 14.7. The first-order chi connectivity index (χ1) is 14.2. The van der Waals surface area contributed by atoms with E-state index < -0.39 is 21.2 Å². The van der Waals surface area contributed by atoms with E-state index in [0.717, 1.165) is 5.57 Å². The minimum Gasteiger partial charge on any atom is -0.355 e. The fourth-order valence-corrected chi connectivity index (χ4v) is 4.11. The number of sulfonamides is 1. The number of allylic oxidation sites excluding steroid dienone is 9. The summed E-state index contributed by atoms with van der Waals surface area (Å²) >= 11 is 6.39. The van der Waals surface area contributed by atoms with Gasteiger partial charge in [0.15, 0.2) is 0 Å². The number of rotatable bonds is 10. The standard InChI is InChI=1S/C22H27ClN2O4S/c1-5-6-12-20(22(27)24-4)21(23)16(2)17(3)30(28,29)25-19-11-7-9-18(13-14-19)10-8-15-26/h5,7-8,10-15,17,25H,1,6,9H2,2-4H3,(H,24,27)/b10-8+,20-12+,21-16-. The Hall–Kier alpha value is -2.64. The molecule has 162 valence electrons. The van der Waals surface area contributed by atoms with E-state index in [-0.39, 0.29) is 10.6 Å². The first-order valence-corrected chi connectivity index (χ1v) is 11.2. The van der Waals surface area contributed by atoms with Crippen molar-refractivity contribution in [2.24, 2.45) is 0 Å². The van der Waals surface area contributed by atoms with Gasteiger partial charge in [0.05, 0.1) is 15.9 Å². The van der Waals surface area contributed by atoms with Gasteiger partial charge in [-0.1, -0.05) is 42.0 Å². The second-order valence-corrected chi connectivity index (χ2v) is 8.85. The summed E-state index contributed by atoms with van der Waals surface area (Å²) in [5.41, 5.74) is 1.78. The molecule has 0 spiro atoms. The molecule has 6 nitrogen and oxygen atoms in total. The molecule has 1 atom stereocenters. The minimum absolute atomic E-state index is 0.0839. The van der Waals surface area contributed by atoms with Crippen molar-refractivity contribution in [3.63, 3.8) is 0 Å². The monoisotopic (exact) mass is 450 g/mol. The Morgan fingerprint density at radius 1 is 1.37 bits per heavy atom. The van der Waals surface area contributed by atoms with Crippen LogP contribution in [0.4, 0.5) is 0 Å². The number of aldehydes is 1. The van der Waals surface area contributed by atoms with Crippen molar-refractivity contribution in [1.82, 2.24) is 10.0 Å². The molecule has 0 heterocycles. The molecule has 0 saturated heterocycles. The molecular weight excluding hydrogens is 424 g/mol. The molecule has 0 saturated carbocycles. The molecular formula is C22H27ClN2O4S. The smallest absolute Gasteiger partial charge is 0.252 e. The molecule has 0 fully saturated rings. The molecule has 8 heteroatoms. The Bertz CT molecular complexity index is 967. The van der Waals surface area contributed by atoms with Crippen LogP contribution in [0.3, 0.4) is 0 Å². The molecule has 0 aliphatic heterocycles. The van der Waals surface area contributed by atoms with Crippen LogP contribution in [-0.4, -0.2) is 32.9 Å². The fourth-order valence-electron chi connectivity index (χ4n) is 2.49. The van der Waals surface area contributed by atoms with Gasteiger partial charge in [-0.25, -0.2) is 8.42 Å². The molecule has 30 heavy (non-hydrogen) atoms. The minimum atomic E-state index is -3.84.